The normalized spacial score (nSPS) is 18.0. The first kappa shape index (κ1) is 21.9. The van der Waals surface area contributed by atoms with E-state index in [9.17, 15) is 14.4 Å². The Morgan fingerprint density at radius 3 is 2.28 bits per heavy atom. The minimum Gasteiger partial charge on any atom is -0.481 e. The summed E-state index contributed by atoms with van der Waals surface area (Å²) in [5.41, 5.74) is 4.47. The van der Waals surface area contributed by atoms with Crippen LogP contribution in [-0.2, 0) is 14.3 Å². The Hall–Kier alpha value is -3.35. The third kappa shape index (κ3) is 4.61. The molecule has 2 N–H and O–H groups in total. The molecule has 2 unspecified atom stereocenters. The van der Waals surface area contributed by atoms with E-state index < -0.39 is 18.1 Å². The Bertz CT molecular complexity index is 975. The quantitative estimate of drug-likeness (QED) is 0.691. The molecular weight excluding hydrogens is 408 g/mol. The fourth-order valence-electron chi connectivity index (χ4n) is 4.66. The highest BCUT2D eigenvalue weighted by atomic mass is 16.5. The second-order valence-corrected chi connectivity index (χ2v) is 8.63. The number of carboxylic acid groups (broad SMARTS) is 1. The number of carbonyl (C=O) groups excluding carboxylic acids is 2. The van der Waals surface area contributed by atoms with E-state index in [1.807, 2.05) is 36.4 Å². The van der Waals surface area contributed by atoms with E-state index >= 15 is 0 Å². The van der Waals surface area contributed by atoms with Crippen LogP contribution in [0.3, 0.4) is 0 Å². The van der Waals surface area contributed by atoms with Crippen LogP contribution in [0.25, 0.3) is 11.1 Å². The smallest absolute Gasteiger partial charge is 0.407 e. The van der Waals surface area contributed by atoms with Gasteiger partial charge in [0, 0.05) is 25.4 Å². The molecule has 1 saturated heterocycles. The SMILES string of the molecule is CC1CCN(C(=O)C(CCC(=O)O)NC(=O)OCC2c3ccccc3-c3ccccc32)C1. The van der Waals surface area contributed by atoms with Crippen LogP contribution in [0.5, 0.6) is 0 Å². The zero-order valence-corrected chi connectivity index (χ0v) is 18.1. The van der Waals surface area contributed by atoms with Gasteiger partial charge in [-0.1, -0.05) is 55.5 Å². The van der Waals surface area contributed by atoms with Crippen molar-refractivity contribution in [3.05, 3.63) is 59.7 Å². The highest BCUT2D eigenvalue weighted by Crippen LogP contribution is 2.44. The van der Waals surface area contributed by atoms with Crippen molar-refractivity contribution in [2.24, 2.45) is 5.92 Å². The molecule has 0 spiro atoms. The molecule has 1 aliphatic carbocycles. The Morgan fingerprint density at radius 2 is 1.72 bits per heavy atom. The monoisotopic (exact) mass is 436 g/mol. The standard InChI is InChI=1S/C25H28N2O5/c1-16-12-13-27(14-16)24(30)22(10-11-23(28)29)26-25(31)32-15-21-19-8-4-2-6-17(19)18-7-3-5-9-20(18)21/h2-9,16,21-22H,10-15H2,1H3,(H,26,31)(H,28,29). The van der Waals surface area contributed by atoms with Crippen molar-refractivity contribution in [1.29, 1.82) is 0 Å². The molecule has 0 saturated carbocycles. The molecular formula is C25H28N2O5. The largest absolute Gasteiger partial charge is 0.481 e. The Kier molecular flexibility index (Phi) is 6.44. The lowest BCUT2D eigenvalue weighted by Crippen LogP contribution is -2.48. The summed E-state index contributed by atoms with van der Waals surface area (Å²) in [6.07, 6.45) is 0.0255. The van der Waals surface area contributed by atoms with Crippen LogP contribution in [0.4, 0.5) is 4.79 Å². The number of carboxylic acids is 1. The van der Waals surface area contributed by atoms with Crippen molar-refractivity contribution in [3.63, 3.8) is 0 Å². The molecule has 2 atom stereocenters. The predicted octanol–water partition coefficient (Wildman–Crippen LogP) is 3.63. The van der Waals surface area contributed by atoms with Gasteiger partial charge >= 0.3 is 12.1 Å². The topological polar surface area (TPSA) is 95.9 Å². The molecule has 2 amide bonds. The lowest BCUT2D eigenvalue weighted by molar-refractivity contribution is -0.137. The minimum atomic E-state index is -1.01. The van der Waals surface area contributed by atoms with E-state index in [1.165, 1.54) is 0 Å². The second kappa shape index (κ2) is 9.42. The number of carbonyl (C=O) groups is 3. The van der Waals surface area contributed by atoms with Gasteiger partial charge < -0.3 is 20.1 Å². The van der Waals surface area contributed by atoms with Crippen LogP contribution in [0, 0.1) is 5.92 Å². The summed E-state index contributed by atoms with van der Waals surface area (Å²) in [7, 11) is 0. The number of benzene rings is 2. The number of rotatable bonds is 7. The van der Waals surface area contributed by atoms with Gasteiger partial charge in [-0.25, -0.2) is 4.79 Å². The van der Waals surface area contributed by atoms with E-state index in [4.69, 9.17) is 9.84 Å². The van der Waals surface area contributed by atoms with Gasteiger partial charge in [0.2, 0.25) is 5.91 Å². The average molecular weight is 437 g/mol. The first-order valence-electron chi connectivity index (χ1n) is 11.1. The average Bonchev–Trinajstić information content (AvgIpc) is 3.36. The summed E-state index contributed by atoms with van der Waals surface area (Å²) in [5, 5.41) is 11.7. The molecule has 4 rings (SSSR count). The van der Waals surface area contributed by atoms with Gasteiger partial charge in [-0.15, -0.1) is 0 Å². The predicted molar refractivity (Wildman–Crippen MR) is 119 cm³/mol. The molecule has 2 aliphatic rings. The van der Waals surface area contributed by atoms with Crippen LogP contribution < -0.4 is 5.32 Å². The summed E-state index contributed by atoms with van der Waals surface area (Å²) < 4.78 is 5.54. The zero-order valence-electron chi connectivity index (χ0n) is 18.1. The fourth-order valence-corrected chi connectivity index (χ4v) is 4.66. The number of ether oxygens (including phenoxy) is 1. The van der Waals surface area contributed by atoms with Gasteiger partial charge in [0.1, 0.15) is 12.6 Å². The second-order valence-electron chi connectivity index (χ2n) is 8.63. The fraction of sp³-hybridized carbons (Fsp3) is 0.400. The number of hydrogen-bond donors (Lipinski definition) is 2. The van der Waals surface area contributed by atoms with Gasteiger partial charge in [0.25, 0.3) is 0 Å². The number of nitrogens with zero attached hydrogens (tertiary/aromatic N) is 1. The first-order chi connectivity index (χ1) is 15.4. The highest BCUT2D eigenvalue weighted by Gasteiger charge is 2.32. The molecule has 0 aromatic heterocycles. The van der Waals surface area contributed by atoms with Crippen molar-refractivity contribution in [1.82, 2.24) is 10.2 Å². The Labute approximate surface area is 187 Å². The Morgan fingerprint density at radius 1 is 1.09 bits per heavy atom. The first-order valence-corrected chi connectivity index (χ1v) is 11.1. The number of aliphatic carboxylic acids is 1. The van der Waals surface area contributed by atoms with E-state index in [-0.39, 0.29) is 31.3 Å². The minimum absolute atomic E-state index is 0.0310. The molecule has 0 bridgehead atoms. The molecule has 1 heterocycles. The zero-order chi connectivity index (χ0) is 22.7. The van der Waals surface area contributed by atoms with Crippen LogP contribution in [0.15, 0.2) is 48.5 Å². The maximum atomic E-state index is 12.9. The lowest BCUT2D eigenvalue weighted by atomic mass is 9.98. The molecule has 2 aromatic carbocycles. The van der Waals surface area contributed by atoms with Gasteiger partial charge in [-0.3, -0.25) is 9.59 Å². The number of fused-ring (bicyclic) bond motifs is 3. The maximum Gasteiger partial charge on any atom is 0.407 e. The number of nitrogens with one attached hydrogen (secondary N) is 1. The summed E-state index contributed by atoms with van der Waals surface area (Å²) >= 11 is 0. The van der Waals surface area contributed by atoms with Gasteiger partial charge in [-0.05, 0) is 41.0 Å². The molecule has 32 heavy (non-hydrogen) atoms. The molecule has 1 fully saturated rings. The van der Waals surface area contributed by atoms with E-state index in [0.717, 1.165) is 28.7 Å². The van der Waals surface area contributed by atoms with Crippen LogP contribution >= 0.6 is 0 Å². The van der Waals surface area contributed by atoms with Crippen LogP contribution in [0.2, 0.25) is 0 Å². The van der Waals surface area contributed by atoms with E-state index in [0.29, 0.717) is 19.0 Å². The van der Waals surface area contributed by atoms with Gasteiger partial charge in [-0.2, -0.15) is 0 Å². The lowest BCUT2D eigenvalue weighted by Gasteiger charge is -2.24. The summed E-state index contributed by atoms with van der Waals surface area (Å²) in [4.78, 5) is 38.2. The van der Waals surface area contributed by atoms with Gasteiger partial charge in [0.15, 0.2) is 0 Å². The Balaban J connectivity index is 1.42. The van der Waals surface area contributed by atoms with Crippen LogP contribution in [-0.4, -0.2) is 53.7 Å². The van der Waals surface area contributed by atoms with Crippen molar-refractivity contribution in [2.45, 2.75) is 38.1 Å². The van der Waals surface area contributed by atoms with Crippen molar-refractivity contribution < 1.29 is 24.2 Å². The number of amides is 2. The van der Waals surface area contributed by atoms with Crippen molar-refractivity contribution in [3.8, 4) is 11.1 Å². The third-order valence-corrected chi connectivity index (χ3v) is 6.32. The van der Waals surface area contributed by atoms with Gasteiger partial charge in [0.05, 0.1) is 0 Å². The van der Waals surface area contributed by atoms with E-state index in [2.05, 4.69) is 24.4 Å². The highest BCUT2D eigenvalue weighted by molar-refractivity contribution is 5.86. The van der Waals surface area contributed by atoms with Crippen LogP contribution in [0.1, 0.15) is 43.2 Å². The molecule has 168 valence electrons. The molecule has 7 nitrogen and oxygen atoms in total. The molecule has 2 aromatic rings. The number of alkyl carbamates (subject to hydrolysis) is 1. The van der Waals surface area contributed by atoms with Crippen molar-refractivity contribution >= 4 is 18.0 Å². The number of hydrogen-bond acceptors (Lipinski definition) is 4. The summed E-state index contributed by atoms with van der Waals surface area (Å²) in [6, 6.07) is 15.2. The molecule has 1 aliphatic heterocycles. The summed E-state index contributed by atoms with van der Waals surface area (Å²) in [6.45, 7) is 3.45. The molecule has 7 heteroatoms. The number of likely N-dealkylation sites (tertiary alicyclic amines) is 1. The maximum absolute atomic E-state index is 12.9. The third-order valence-electron chi connectivity index (χ3n) is 6.32. The summed E-state index contributed by atoms with van der Waals surface area (Å²) in [5.74, 6) is -0.940. The van der Waals surface area contributed by atoms with E-state index in [1.54, 1.807) is 4.90 Å². The van der Waals surface area contributed by atoms with Crippen molar-refractivity contribution in [2.75, 3.05) is 19.7 Å². The molecule has 0 radical (unpaired) electrons.